The number of carbonyl (C=O) groups is 2. The van der Waals surface area contributed by atoms with Crippen LogP contribution in [-0.4, -0.2) is 39.1 Å². The van der Waals surface area contributed by atoms with Gasteiger partial charge in [-0.05, 0) is 66.1 Å². The molecule has 5 rings (SSSR count). The highest BCUT2D eigenvalue weighted by molar-refractivity contribution is 6.30. The fourth-order valence-electron chi connectivity index (χ4n) is 5.74. The number of halogens is 3. The number of methoxy groups -OCH3 is 1. The van der Waals surface area contributed by atoms with Gasteiger partial charge in [0, 0.05) is 28.9 Å². The third-order valence-corrected chi connectivity index (χ3v) is 8.26. The van der Waals surface area contributed by atoms with Gasteiger partial charge >= 0.3 is 5.97 Å². The lowest BCUT2D eigenvalue weighted by atomic mass is 9.84. The molecule has 1 aliphatic heterocycles. The summed E-state index contributed by atoms with van der Waals surface area (Å²) in [7, 11) is 1.33. The third-order valence-electron chi connectivity index (χ3n) is 7.76. The molecule has 10 heteroatoms. The van der Waals surface area contributed by atoms with Gasteiger partial charge in [-0.1, -0.05) is 60.5 Å². The summed E-state index contributed by atoms with van der Waals surface area (Å²) in [4.78, 5) is 32.2. The van der Waals surface area contributed by atoms with E-state index in [9.17, 15) is 19.8 Å². The van der Waals surface area contributed by atoms with Crippen LogP contribution >= 0.6 is 23.2 Å². The number of aromatic nitrogens is 1. The maximum absolute atomic E-state index is 16.6. The van der Waals surface area contributed by atoms with Crippen molar-refractivity contribution in [1.82, 2.24) is 9.88 Å². The van der Waals surface area contributed by atoms with Crippen LogP contribution in [0.5, 0.6) is 0 Å². The molecule has 1 aromatic heterocycles. The zero-order chi connectivity index (χ0) is 30.2. The highest BCUT2D eigenvalue weighted by Crippen LogP contribution is 2.52. The van der Waals surface area contributed by atoms with Gasteiger partial charge in [-0.15, -0.1) is 0 Å². The number of ether oxygens (including phenoxy) is 1. The van der Waals surface area contributed by atoms with Gasteiger partial charge in [-0.3, -0.25) is 19.5 Å². The van der Waals surface area contributed by atoms with E-state index < -0.39 is 41.5 Å². The number of aliphatic hydroxyl groups is 1. The molecule has 2 heterocycles. The SMILES string of the molecule is CC[C@](O)(c1cc(F)c2c(c1)C(=O)N([C@@H](CC(=O)O)c1ccc(Cl)cc1)[C@@]2(OC)c1ccc(Cl)cc1)c1ccccn1. The molecule has 3 aromatic carbocycles. The molecule has 0 spiro atoms. The Labute approximate surface area is 252 Å². The largest absolute Gasteiger partial charge is 0.481 e. The van der Waals surface area contributed by atoms with Crippen molar-refractivity contribution in [2.45, 2.75) is 37.1 Å². The standard InChI is InChI=1S/C32H27Cl2FN2O5/c1-3-31(41,27-6-4-5-15-36-27)21-16-24-29(25(35)17-21)32(42-2,20-9-13-23(34)14-10-20)37(30(24)40)26(18-28(38)39)19-7-11-22(33)12-8-19/h4-17,26,41H,3,18H2,1-2H3,(H,38,39)/t26-,31-,32+/m0/s1. The van der Waals surface area contributed by atoms with Gasteiger partial charge < -0.3 is 14.9 Å². The van der Waals surface area contributed by atoms with E-state index in [0.717, 1.165) is 0 Å². The van der Waals surface area contributed by atoms with E-state index in [1.165, 1.54) is 30.3 Å². The van der Waals surface area contributed by atoms with Crippen LogP contribution in [0.4, 0.5) is 4.39 Å². The molecule has 3 atom stereocenters. The lowest BCUT2D eigenvalue weighted by Gasteiger charge is -2.42. The highest BCUT2D eigenvalue weighted by Gasteiger charge is 2.57. The second kappa shape index (κ2) is 11.5. The summed E-state index contributed by atoms with van der Waals surface area (Å²) in [6, 6.07) is 19.3. The summed E-state index contributed by atoms with van der Waals surface area (Å²) < 4.78 is 22.6. The quantitative estimate of drug-likeness (QED) is 0.219. The number of carbonyl (C=O) groups excluding carboxylic acids is 1. The number of carboxylic acid groups (broad SMARTS) is 1. The van der Waals surface area contributed by atoms with Crippen LogP contribution in [0.3, 0.4) is 0 Å². The third kappa shape index (κ3) is 4.84. The summed E-state index contributed by atoms with van der Waals surface area (Å²) in [5.74, 6) is -2.68. The Morgan fingerprint density at radius 1 is 1.07 bits per heavy atom. The molecule has 0 aliphatic carbocycles. The van der Waals surface area contributed by atoms with E-state index in [4.69, 9.17) is 27.9 Å². The van der Waals surface area contributed by atoms with Crippen LogP contribution in [0.2, 0.25) is 10.0 Å². The second-order valence-corrected chi connectivity index (χ2v) is 10.9. The minimum absolute atomic E-state index is 0.0750. The molecule has 0 bridgehead atoms. The van der Waals surface area contributed by atoms with E-state index in [1.54, 1.807) is 73.7 Å². The highest BCUT2D eigenvalue weighted by atomic mass is 35.5. The van der Waals surface area contributed by atoms with Gasteiger partial charge in [-0.25, -0.2) is 4.39 Å². The van der Waals surface area contributed by atoms with E-state index in [1.807, 2.05) is 0 Å². The molecule has 1 amide bonds. The molecule has 0 unspecified atom stereocenters. The van der Waals surface area contributed by atoms with Crippen LogP contribution in [0.25, 0.3) is 0 Å². The first-order chi connectivity index (χ1) is 20.1. The van der Waals surface area contributed by atoms with Crippen molar-refractivity contribution < 1.29 is 28.9 Å². The number of rotatable bonds is 9. The lowest BCUT2D eigenvalue weighted by molar-refractivity contribution is -0.142. The fourth-order valence-corrected chi connectivity index (χ4v) is 5.99. The number of nitrogens with zero attached hydrogens (tertiary/aromatic N) is 2. The first kappa shape index (κ1) is 29.7. The molecular formula is C32H27Cl2FN2O5. The van der Waals surface area contributed by atoms with Crippen LogP contribution < -0.4 is 0 Å². The Morgan fingerprint density at radius 3 is 2.26 bits per heavy atom. The average molecular weight is 609 g/mol. The summed E-state index contributed by atoms with van der Waals surface area (Å²) in [5.41, 5.74) is -2.55. The Balaban J connectivity index is 1.81. The number of carboxylic acids is 1. The van der Waals surface area contributed by atoms with Crippen molar-refractivity contribution in [2.24, 2.45) is 0 Å². The first-order valence-electron chi connectivity index (χ1n) is 13.2. The van der Waals surface area contributed by atoms with Crippen LogP contribution in [0.1, 0.15) is 64.1 Å². The van der Waals surface area contributed by atoms with Crippen molar-refractivity contribution in [3.63, 3.8) is 0 Å². The molecule has 216 valence electrons. The fraction of sp³-hybridized carbons (Fsp3) is 0.219. The van der Waals surface area contributed by atoms with Crippen molar-refractivity contribution in [1.29, 1.82) is 0 Å². The normalized spacial score (nSPS) is 18.4. The molecule has 2 N–H and O–H groups in total. The maximum atomic E-state index is 16.6. The molecule has 1 aliphatic rings. The van der Waals surface area contributed by atoms with Gasteiger partial charge in [0.05, 0.1) is 29.3 Å². The lowest BCUT2D eigenvalue weighted by Crippen LogP contribution is -2.49. The molecule has 7 nitrogen and oxygen atoms in total. The average Bonchev–Trinajstić information content (AvgIpc) is 3.25. The van der Waals surface area contributed by atoms with Crippen LogP contribution in [-0.2, 0) is 20.9 Å². The van der Waals surface area contributed by atoms with E-state index >= 15 is 4.39 Å². The predicted octanol–water partition coefficient (Wildman–Crippen LogP) is 6.69. The number of hydrogen-bond acceptors (Lipinski definition) is 5. The monoisotopic (exact) mass is 608 g/mol. The molecule has 0 saturated carbocycles. The summed E-state index contributed by atoms with van der Waals surface area (Å²) in [6.45, 7) is 1.73. The Bertz CT molecular complexity index is 1640. The minimum Gasteiger partial charge on any atom is -0.481 e. The summed E-state index contributed by atoms with van der Waals surface area (Å²) >= 11 is 12.3. The minimum atomic E-state index is -1.88. The van der Waals surface area contributed by atoms with Gasteiger partial charge in [0.15, 0.2) is 5.72 Å². The molecule has 4 aromatic rings. The van der Waals surface area contributed by atoms with Crippen LogP contribution in [0, 0.1) is 5.82 Å². The second-order valence-electron chi connectivity index (χ2n) is 10.0. The van der Waals surface area contributed by atoms with Crippen molar-refractivity contribution >= 4 is 35.1 Å². The van der Waals surface area contributed by atoms with E-state index in [-0.39, 0.29) is 28.8 Å². The summed E-state index contributed by atoms with van der Waals surface area (Å²) in [5, 5.41) is 22.5. The van der Waals surface area contributed by atoms with Crippen molar-refractivity contribution in [2.75, 3.05) is 7.11 Å². The number of amides is 1. The van der Waals surface area contributed by atoms with Crippen LogP contribution in [0.15, 0.2) is 85.1 Å². The number of benzene rings is 3. The van der Waals surface area contributed by atoms with Gasteiger partial charge in [0.2, 0.25) is 0 Å². The Hall–Kier alpha value is -3.82. The van der Waals surface area contributed by atoms with E-state index in [2.05, 4.69) is 4.98 Å². The van der Waals surface area contributed by atoms with Crippen molar-refractivity contribution in [3.8, 4) is 0 Å². The molecular weight excluding hydrogens is 582 g/mol. The Morgan fingerprint density at radius 2 is 1.71 bits per heavy atom. The smallest absolute Gasteiger partial charge is 0.305 e. The number of pyridine rings is 1. The predicted molar refractivity (Wildman–Crippen MR) is 156 cm³/mol. The molecule has 0 fully saturated rings. The zero-order valence-corrected chi connectivity index (χ0v) is 24.2. The first-order valence-corrected chi connectivity index (χ1v) is 13.9. The number of fused-ring (bicyclic) bond motifs is 1. The number of hydrogen-bond donors (Lipinski definition) is 2. The molecule has 0 saturated heterocycles. The van der Waals surface area contributed by atoms with Gasteiger partial charge in [-0.2, -0.15) is 0 Å². The zero-order valence-electron chi connectivity index (χ0n) is 22.7. The van der Waals surface area contributed by atoms with Crippen molar-refractivity contribution in [3.05, 3.63) is 134 Å². The maximum Gasteiger partial charge on any atom is 0.305 e. The van der Waals surface area contributed by atoms with Gasteiger partial charge in [0.25, 0.3) is 5.91 Å². The molecule has 0 radical (unpaired) electrons. The number of aliphatic carboxylic acids is 1. The summed E-state index contributed by atoms with van der Waals surface area (Å²) in [6.07, 6.45) is 1.15. The molecule has 42 heavy (non-hydrogen) atoms. The van der Waals surface area contributed by atoms with E-state index in [0.29, 0.717) is 21.2 Å². The Kier molecular flexibility index (Phi) is 8.09. The van der Waals surface area contributed by atoms with Gasteiger partial charge in [0.1, 0.15) is 11.4 Å². The topological polar surface area (TPSA) is 100.0 Å².